The second-order valence-electron chi connectivity index (χ2n) is 1.70. The van der Waals surface area contributed by atoms with E-state index in [0.29, 0.717) is 0 Å². The first-order valence-corrected chi connectivity index (χ1v) is 2.83. The zero-order chi connectivity index (χ0) is 5.82. The lowest BCUT2D eigenvalue weighted by atomic mass is 10.5. The fourth-order valence-corrected chi connectivity index (χ4v) is 0.378. The molecule has 0 saturated carbocycles. The summed E-state index contributed by atoms with van der Waals surface area (Å²) in [7, 11) is 0. The van der Waals surface area contributed by atoms with Gasteiger partial charge in [-0.05, 0) is 12.0 Å². The lowest BCUT2D eigenvalue weighted by Crippen LogP contribution is -1.62. The Morgan fingerprint density at radius 1 is 1.62 bits per heavy atom. The molecule has 0 spiro atoms. The Labute approximate surface area is 49.4 Å². The highest BCUT2D eigenvalue weighted by molar-refractivity contribution is 5.59. The molecule has 0 atom stereocenters. The predicted octanol–water partition coefficient (Wildman–Crippen LogP) is 1.92. The van der Waals surface area contributed by atoms with E-state index in [1.165, 1.54) is 5.57 Å². The van der Waals surface area contributed by atoms with Crippen LogP contribution < -0.4 is 0 Å². The molecule has 0 aliphatic heterocycles. The monoisotopic (exact) mass is 107 g/mol. The summed E-state index contributed by atoms with van der Waals surface area (Å²) in [5.41, 5.74) is 1.25. The summed E-state index contributed by atoms with van der Waals surface area (Å²) >= 11 is 0. The van der Waals surface area contributed by atoms with Crippen molar-refractivity contribution in [1.29, 1.82) is 0 Å². The fourth-order valence-electron chi connectivity index (χ4n) is 0.378. The Hall–Kier alpha value is -0.850. The summed E-state index contributed by atoms with van der Waals surface area (Å²) in [5.74, 6) is 0. The third kappa shape index (κ3) is 1.73. The standard InChI is InChI=1S/C7H9N/c1-2-5-8-6-7-3-4-7/h3-6H,2H2,1H3. The number of rotatable bonds is 2. The van der Waals surface area contributed by atoms with Crippen LogP contribution in [0.5, 0.6) is 0 Å². The van der Waals surface area contributed by atoms with Crippen molar-refractivity contribution in [2.24, 2.45) is 4.99 Å². The summed E-state index contributed by atoms with van der Waals surface area (Å²) in [6.45, 7) is 2.07. The molecule has 1 rings (SSSR count). The molecule has 0 bridgehead atoms. The molecule has 8 heavy (non-hydrogen) atoms. The molecule has 0 saturated heterocycles. The van der Waals surface area contributed by atoms with Crippen LogP contribution in [0.4, 0.5) is 0 Å². The molecule has 1 heteroatoms. The molecule has 0 radical (unpaired) electrons. The van der Waals surface area contributed by atoms with Crippen molar-refractivity contribution in [3.63, 3.8) is 0 Å². The van der Waals surface area contributed by atoms with Crippen LogP contribution >= 0.6 is 0 Å². The topological polar surface area (TPSA) is 12.4 Å². The summed E-state index contributed by atoms with van der Waals surface area (Å²) in [6.07, 6.45) is 8.85. The van der Waals surface area contributed by atoms with Crippen molar-refractivity contribution in [2.75, 3.05) is 0 Å². The van der Waals surface area contributed by atoms with Crippen molar-refractivity contribution in [3.8, 4) is 0 Å². The van der Waals surface area contributed by atoms with Gasteiger partial charge in [0.05, 0.1) is 0 Å². The van der Waals surface area contributed by atoms with Crippen LogP contribution in [0.2, 0.25) is 0 Å². The highest BCUT2D eigenvalue weighted by Gasteiger charge is 1.93. The van der Waals surface area contributed by atoms with E-state index in [1.54, 1.807) is 0 Å². The Kier molecular flexibility index (Phi) is 1.62. The quantitative estimate of drug-likeness (QED) is 0.478. The molecule has 0 aromatic heterocycles. The van der Waals surface area contributed by atoms with Crippen LogP contribution in [0.15, 0.2) is 28.9 Å². The molecule has 0 aromatic rings. The van der Waals surface area contributed by atoms with Gasteiger partial charge >= 0.3 is 0 Å². The summed E-state index contributed by atoms with van der Waals surface area (Å²) in [6, 6.07) is 0. The largest absolute Gasteiger partial charge is 0.268 e. The Morgan fingerprint density at radius 2 is 2.38 bits per heavy atom. The number of hydrogen-bond donors (Lipinski definition) is 0. The molecule has 42 valence electrons. The Morgan fingerprint density at radius 3 is 2.88 bits per heavy atom. The second-order valence-corrected chi connectivity index (χ2v) is 1.70. The summed E-state index contributed by atoms with van der Waals surface area (Å²) in [4.78, 5) is 4.00. The molecule has 0 fully saturated rings. The number of aliphatic imine (C=N–C) groups is 1. The average Bonchev–Trinajstić information content (AvgIpc) is 2.51. The van der Waals surface area contributed by atoms with E-state index in [0.717, 1.165) is 6.42 Å². The Balaban J connectivity index is 2.20. The lowest BCUT2D eigenvalue weighted by molar-refractivity contribution is 1.31. The minimum absolute atomic E-state index is 1.02. The minimum Gasteiger partial charge on any atom is -0.268 e. The molecule has 1 nitrogen and oxygen atoms in total. The van der Waals surface area contributed by atoms with Gasteiger partial charge in [-0.3, -0.25) is 4.99 Å². The van der Waals surface area contributed by atoms with Gasteiger partial charge in [-0.15, -0.1) is 0 Å². The van der Waals surface area contributed by atoms with Crippen LogP contribution in [0.1, 0.15) is 13.3 Å². The zero-order valence-corrected chi connectivity index (χ0v) is 4.96. The average molecular weight is 107 g/mol. The smallest absolute Gasteiger partial charge is 0.0336 e. The molecule has 0 heterocycles. The van der Waals surface area contributed by atoms with E-state index >= 15 is 0 Å². The fraction of sp³-hybridized carbons (Fsp3) is 0.286. The van der Waals surface area contributed by atoms with Gasteiger partial charge in [-0.2, -0.15) is 0 Å². The number of allylic oxidation sites excluding steroid dienone is 3. The third-order valence-corrected chi connectivity index (χ3v) is 0.871. The SMILES string of the molecule is CCC=NC=C1C=C1. The highest BCUT2D eigenvalue weighted by Crippen LogP contribution is 2.12. The van der Waals surface area contributed by atoms with E-state index in [-0.39, 0.29) is 0 Å². The third-order valence-electron chi connectivity index (χ3n) is 0.871. The molecule has 0 amide bonds. The molecule has 1 aliphatic carbocycles. The molecule has 0 aromatic carbocycles. The predicted molar refractivity (Wildman–Crippen MR) is 36.0 cm³/mol. The first-order chi connectivity index (χ1) is 3.93. The molecular formula is C7H9N. The maximum atomic E-state index is 4.00. The van der Waals surface area contributed by atoms with Crippen molar-refractivity contribution in [3.05, 3.63) is 23.9 Å². The van der Waals surface area contributed by atoms with E-state index in [1.807, 2.05) is 24.6 Å². The van der Waals surface area contributed by atoms with E-state index in [2.05, 4.69) is 11.9 Å². The van der Waals surface area contributed by atoms with Crippen LogP contribution in [0.3, 0.4) is 0 Å². The summed E-state index contributed by atoms with van der Waals surface area (Å²) < 4.78 is 0. The summed E-state index contributed by atoms with van der Waals surface area (Å²) in [5, 5.41) is 0. The highest BCUT2D eigenvalue weighted by atomic mass is 14.7. The van der Waals surface area contributed by atoms with Crippen molar-refractivity contribution < 1.29 is 0 Å². The minimum atomic E-state index is 1.02. The number of nitrogens with zero attached hydrogens (tertiary/aromatic N) is 1. The van der Waals surface area contributed by atoms with Gasteiger partial charge in [0, 0.05) is 12.4 Å². The van der Waals surface area contributed by atoms with Crippen LogP contribution in [-0.2, 0) is 0 Å². The van der Waals surface area contributed by atoms with Crippen molar-refractivity contribution in [2.45, 2.75) is 13.3 Å². The van der Waals surface area contributed by atoms with Crippen molar-refractivity contribution >= 4 is 6.21 Å². The van der Waals surface area contributed by atoms with Crippen LogP contribution in [-0.4, -0.2) is 6.21 Å². The molecule has 1 aliphatic rings. The first-order valence-electron chi connectivity index (χ1n) is 2.83. The van der Waals surface area contributed by atoms with Gasteiger partial charge in [0.1, 0.15) is 0 Å². The molecule has 0 unspecified atom stereocenters. The molecular weight excluding hydrogens is 98.1 g/mol. The van der Waals surface area contributed by atoms with E-state index in [4.69, 9.17) is 0 Å². The first kappa shape index (κ1) is 5.29. The number of hydrogen-bond acceptors (Lipinski definition) is 1. The van der Waals surface area contributed by atoms with Gasteiger partial charge in [0.15, 0.2) is 0 Å². The van der Waals surface area contributed by atoms with Gasteiger partial charge in [-0.1, -0.05) is 19.1 Å². The zero-order valence-electron chi connectivity index (χ0n) is 4.96. The van der Waals surface area contributed by atoms with Crippen molar-refractivity contribution in [1.82, 2.24) is 0 Å². The van der Waals surface area contributed by atoms with Gasteiger partial charge in [-0.25, -0.2) is 0 Å². The maximum absolute atomic E-state index is 4.00. The maximum Gasteiger partial charge on any atom is 0.0336 e. The lowest BCUT2D eigenvalue weighted by Gasteiger charge is -1.72. The van der Waals surface area contributed by atoms with Crippen LogP contribution in [0, 0.1) is 0 Å². The Bertz CT molecular complexity index is 144. The van der Waals surface area contributed by atoms with E-state index in [9.17, 15) is 0 Å². The normalized spacial score (nSPS) is 15.4. The van der Waals surface area contributed by atoms with E-state index < -0.39 is 0 Å². The van der Waals surface area contributed by atoms with Gasteiger partial charge in [0.25, 0.3) is 0 Å². The second kappa shape index (κ2) is 2.46. The van der Waals surface area contributed by atoms with Gasteiger partial charge < -0.3 is 0 Å². The molecule has 0 N–H and O–H groups in total. The van der Waals surface area contributed by atoms with Gasteiger partial charge in [0.2, 0.25) is 0 Å². The van der Waals surface area contributed by atoms with Crippen LogP contribution in [0.25, 0.3) is 0 Å².